The number of pyridine rings is 1. The molecule has 1 heterocycles. The number of hydrogen-bond acceptors (Lipinski definition) is 8. The maximum atomic E-state index is 13.6. The van der Waals surface area contributed by atoms with Crippen molar-refractivity contribution in [2.45, 2.75) is 50.3 Å². The van der Waals surface area contributed by atoms with Crippen molar-refractivity contribution in [3.8, 4) is 0 Å². The zero-order valence-corrected chi connectivity index (χ0v) is 29.0. The molecule has 0 saturated heterocycles. The molecule has 0 spiro atoms. The molecule has 3 aromatic carbocycles. The van der Waals surface area contributed by atoms with Crippen molar-refractivity contribution >= 4 is 18.0 Å². The summed E-state index contributed by atoms with van der Waals surface area (Å²) < 4.78 is 16.6. The van der Waals surface area contributed by atoms with Gasteiger partial charge in [0.15, 0.2) is 0 Å². The topological polar surface area (TPSA) is 107 Å². The van der Waals surface area contributed by atoms with Crippen LogP contribution in [0.3, 0.4) is 0 Å². The van der Waals surface area contributed by atoms with Crippen LogP contribution in [0.2, 0.25) is 0 Å². The van der Waals surface area contributed by atoms with E-state index in [0.29, 0.717) is 25.1 Å². The van der Waals surface area contributed by atoms with Crippen molar-refractivity contribution < 1.29 is 28.6 Å². The van der Waals surface area contributed by atoms with Gasteiger partial charge in [-0.3, -0.25) is 14.6 Å². The molecule has 9 nitrogen and oxygen atoms in total. The van der Waals surface area contributed by atoms with Gasteiger partial charge in [-0.15, -0.1) is 0 Å². The Hall–Kier alpha value is -5.54. The highest BCUT2D eigenvalue weighted by molar-refractivity contribution is 5.76. The van der Waals surface area contributed by atoms with E-state index in [1.165, 1.54) is 12.2 Å². The quantitative estimate of drug-likeness (QED) is 0.0564. The number of nitrogens with one attached hydrogen (secondary N) is 1. The molecular formula is C42H47N3O6. The third-order valence-electron chi connectivity index (χ3n) is 8.28. The molecule has 0 aliphatic carbocycles. The molecule has 0 saturated carbocycles. The smallest absolute Gasteiger partial charge is 0.410 e. The molecule has 0 fully saturated rings. The summed E-state index contributed by atoms with van der Waals surface area (Å²) in [5, 5.41) is 3.44. The van der Waals surface area contributed by atoms with E-state index in [-0.39, 0.29) is 57.1 Å². The Balaban J connectivity index is 1.56. The van der Waals surface area contributed by atoms with Crippen LogP contribution in [-0.2, 0) is 36.8 Å². The first-order valence-corrected chi connectivity index (χ1v) is 17.2. The van der Waals surface area contributed by atoms with Crippen LogP contribution in [0.15, 0.2) is 141 Å². The number of hydrogen-bond donors (Lipinski definition) is 1. The van der Waals surface area contributed by atoms with Crippen molar-refractivity contribution in [2.75, 3.05) is 26.3 Å². The van der Waals surface area contributed by atoms with Gasteiger partial charge in [0.25, 0.3) is 0 Å². The lowest BCUT2D eigenvalue weighted by Crippen LogP contribution is -2.47. The zero-order chi connectivity index (χ0) is 36.1. The van der Waals surface area contributed by atoms with Gasteiger partial charge in [0.1, 0.15) is 25.9 Å². The molecule has 2 atom stereocenters. The summed E-state index contributed by atoms with van der Waals surface area (Å²) in [5.74, 6) is -0.960. The highest BCUT2D eigenvalue weighted by atomic mass is 16.6. The lowest BCUT2D eigenvalue weighted by atomic mass is 9.90. The van der Waals surface area contributed by atoms with Gasteiger partial charge >= 0.3 is 18.0 Å². The van der Waals surface area contributed by atoms with E-state index in [9.17, 15) is 14.4 Å². The van der Waals surface area contributed by atoms with E-state index in [2.05, 4.69) is 23.5 Å². The average Bonchev–Trinajstić information content (AvgIpc) is 3.18. The number of rotatable bonds is 21. The van der Waals surface area contributed by atoms with Crippen molar-refractivity contribution in [1.82, 2.24) is 15.2 Å². The maximum absolute atomic E-state index is 13.6. The van der Waals surface area contributed by atoms with Crippen molar-refractivity contribution in [1.29, 1.82) is 0 Å². The largest absolute Gasteiger partial charge is 0.461 e. The Kier molecular flexibility index (Phi) is 16.2. The first kappa shape index (κ1) is 38.3. The summed E-state index contributed by atoms with van der Waals surface area (Å²) >= 11 is 0. The average molecular weight is 690 g/mol. The summed E-state index contributed by atoms with van der Waals surface area (Å²) in [5.41, 5.74) is 3.71. The fourth-order valence-electron chi connectivity index (χ4n) is 5.66. The molecule has 0 aliphatic heterocycles. The molecule has 1 N–H and O–H groups in total. The fraction of sp³-hybridized carbons (Fsp3) is 0.286. The van der Waals surface area contributed by atoms with Gasteiger partial charge in [0.05, 0.1) is 0 Å². The van der Waals surface area contributed by atoms with E-state index in [0.717, 1.165) is 16.7 Å². The first-order chi connectivity index (χ1) is 25.0. The van der Waals surface area contributed by atoms with Crippen LogP contribution in [-0.4, -0.2) is 66.3 Å². The minimum Gasteiger partial charge on any atom is -0.461 e. The summed E-state index contributed by atoms with van der Waals surface area (Å²) in [6, 6.07) is 33.9. The highest BCUT2D eigenvalue weighted by Crippen LogP contribution is 2.26. The summed E-state index contributed by atoms with van der Waals surface area (Å²) in [7, 11) is 0. The SMILES string of the molecule is C=CCOC(=O)[C@H](Cc1ccccn1)NC(CCC(=O)OCc1ccccc1)CCN(CC(c1ccccc1)c1ccccc1)C(=O)OCC=C. The number of carbonyl (C=O) groups excluding carboxylic acids is 3. The van der Waals surface area contributed by atoms with Gasteiger partial charge in [0, 0.05) is 49.8 Å². The molecule has 1 unspecified atom stereocenters. The number of ether oxygens (including phenoxy) is 3. The van der Waals surface area contributed by atoms with E-state index in [1.54, 1.807) is 11.1 Å². The van der Waals surface area contributed by atoms with Crippen LogP contribution in [0, 0.1) is 0 Å². The normalized spacial score (nSPS) is 11.9. The molecule has 51 heavy (non-hydrogen) atoms. The number of aromatic nitrogens is 1. The lowest BCUT2D eigenvalue weighted by Gasteiger charge is -2.30. The van der Waals surface area contributed by atoms with Gasteiger partial charge in [-0.05, 0) is 41.7 Å². The van der Waals surface area contributed by atoms with Crippen LogP contribution >= 0.6 is 0 Å². The standard InChI is InChI=1S/C42H47N3O6/c1-3-28-49-41(47)39(30-37-22-14-15-26-43-37)44-36(23-24-40(46)51-32-33-16-8-5-9-17-33)25-27-45(42(48)50-29-4-2)31-38(34-18-10-6-11-19-34)35-20-12-7-13-21-35/h3-22,26,36,38-39,44H,1-2,23-25,27-32H2/t36?,39-/m0/s1. The third-order valence-corrected chi connectivity index (χ3v) is 8.28. The van der Waals surface area contributed by atoms with Crippen molar-refractivity contribution in [3.05, 3.63) is 163 Å². The van der Waals surface area contributed by atoms with E-state index < -0.39 is 18.1 Å². The van der Waals surface area contributed by atoms with Crippen molar-refractivity contribution in [2.24, 2.45) is 0 Å². The summed E-state index contributed by atoms with van der Waals surface area (Å²) in [6.45, 7) is 8.26. The van der Waals surface area contributed by atoms with Crippen LogP contribution in [0.5, 0.6) is 0 Å². The Morgan fingerprint density at radius 1 is 0.745 bits per heavy atom. The molecule has 0 bridgehead atoms. The zero-order valence-electron chi connectivity index (χ0n) is 29.0. The van der Waals surface area contributed by atoms with E-state index >= 15 is 0 Å². The lowest BCUT2D eigenvalue weighted by molar-refractivity contribution is -0.145. The summed E-state index contributed by atoms with van der Waals surface area (Å²) in [6.07, 6.45) is 5.34. The van der Waals surface area contributed by atoms with Crippen molar-refractivity contribution in [3.63, 3.8) is 0 Å². The van der Waals surface area contributed by atoms with Gasteiger partial charge in [-0.2, -0.15) is 0 Å². The molecule has 4 rings (SSSR count). The number of amides is 1. The molecule has 4 aromatic rings. The number of benzene rings is 3. The molecule has 0 radical (unpaired) electrons. The first-order valence-electron chi connectivity index (χ1n) is 17.2. The number of carbonyl (C=O) groups is 3. The Labute approximate surface area is 301 Å². The van der Waals surface area contributed by atoms with Crippen LogP contribution in [0.1, 0.15) is 47.6 Å². The Morgan fingerprint density at radius 2 is 1.35 bits per heavy atom. The number of nitrogens with zero attached hydrogens (tertiary/aromatic N) is 2. The van der Waals surface area contributed by atoms with E-state index in [1.807, 2.05) is 109 Å². The highest BCUT2D eigenvalue weighted by Gasteiger charge is 2.28. The van der Waals surface area contributed by atoms with Gasteiger partial charge in [0.2, 0.25) is 0 Å². The van der Waals surface area contributed by atoms with Gasteiger partial charge in [-0.1, -0.05) is 122 Å². The third kappa shape index (κ3) is 13.4. The molecular weight excluding hydrogens is 642 g/mol. The molecule has 1 amide bonds. The molecule has 1 aromatic heterocycles. The predicted octanol–water partition coefficient (Wildman–Crippen LogP) is 7.05. The second-order valence-electron chi connectivity index (χ2n) is 12.0. The fourth-order valence-corrected chi connectivity index (χ4v) is 5.66. The van der Waals surface area contributed by atoms with E-state index in [4.69, 9.17) is 14.2 Å². The number of esters is 2. The molecule has 266 valence electrons. The summed E-state index contributed by atoms with van der Waals surface area (Å²) in [4.78, 5) is 45.9. The van der Waals surface area contributed by atoms with Crippen LogP contribution in [0.25, 0.3) is 0 Å². The second-order valence-corrected chi connectivity index (χ2v) is 12.0. The van der Waals surface area contributed by atoms with Crippen LogP contribution < -0.4 is 5.32 Å². The van der Waals surface area contributed by atoms with Gasteiger partial charge < -0.3 is 24.4 Å². The monoisotopic (exact) mass is 689 g/mol. The molecule has 9 heteroatoms. The van der Waals surface area contributed by atoms with Crippen LogP contribution in [0.4, 0.5) is 4.79 Å². The Bertz CT molecular complexity index is 1600. The Morgan fingerprint density at radius 3 is 1.96 bits per heavy atom. The molecule has 0 aliphatic rings. The predicted molar refractivity (Wildman–Crippen MR) is 198 cm³/mol. The van der Waals surface area contributed by atoms with Gasteiger partial charge in [-0.25, -0.2) is 4.79 Å². The minimum absolute atomic E-state index is 0.0546. The second kappa shape index (κ2) is 21.5. The maximum Gasteiger partial charge on any atom is 0.410 e. The minimum atomic E-state index is -0.771.